The molecule has 0 spiro atoms. The number of pyridine rings is 1. The first-order valence-electron chi connectivity index (χ1n) is 4.71. The van der Waals surface area contributed by atoms with Gasteiger partial charge in [-0.3, -0.25) is 0 Å². The molecule has 0 saturated carbocycles. The maximum atomic E-state index is 5.73. The van der Waals surface area contributed by atoms with Crippen LogP contribution in [-0.4, -0.2) is 17.6 Å². The third kappa shape index (κ3) is 1.80. The molecule has 3 heteroatoms. The predicted molar refractivity (Wildman–Crippen MR) is 50.7 cm³/mol. The van der Waals surface area contributed by atoms with Crippen molar-refractivity contribution in [1.29, 1.82) is 0 Å². The molecule has 0 aliphatic carbocycles. The lowest BCUT2D eigenvalue weighted by Gasteiger charge is -2.13. The van der Waals surface area contributed by atoms with E-state index >= 15 is 0 Å². The summed E-state index contributed by atoms with van der Waals surface area (Å²) in [6, 6.07) is 3.99. The zero-order valence-corrected chi connectivity index (χ0v) is 7.79. The molecule has 0 amide bonds. The zero-order chi connectivity index (χ0) is 9.10. The average Bonchev–Trinajstić information content (AvgIpc) is 2.38. The lowest BCUT2D eigenvalue weighted by atomic mass is 10.3. The molecule has 1 aliphatic heterocycles. The Balaban J connectivity index is 2.23. The van der Waals surface area contributed by atoms with Gasteiger partial charge in [-0.05, 0) is 12.5 Å². The molecular weight excluding hydrogens is 164 g/mol. The highest BCUT2D eigenvalue weighted by atomic mass is 16.5. The fraction of sp³-hybridized carbons (Fsp3) is 0.500. The Morgan fingerprint density at radius 1 is 1.69 bits per heavy atom. The summed E-state index contributed by atoms with van der Waals surface area (Å²) < 4.78 is 5.73. The van der Waals surface area contributed by atoms with Crippen LogP contribution < -0.4 is 10.1 Å². The van der Waals surface area contributed by atoms with Crippen LogP contribution in [0.15, 0.2) is 18.3 Å². The molecule has 1 N–H and O–H groups in total. The summed E-state index contributed by atoms with van der Waals surface area (Å²) in [6.45, 7) is 3.90. The van der Waals surface area contributed by atoms with Gasteiger partial charge in [0, 0.05) is 24.8 Å². The van der Waals surface area contributed by atoms with Gasteiger partial charge in [-0.1, -0.05) is 13.0 Å². The molecule has 0 fully saturated rings. The Labute approximate surface area is 78.1 Å². The standard InChI is InChI=1S/C10H14N2O/c1-2-9-7-11-6-8-4-3-5-12-10(8)13-9/h3-5,9,11H,2,6-7H2,1H3/t9-/m1/s1. The molecule has 0 aromatic carbocycles. The lowest BCUT2D eigenvalue weighted by molar-refractivity contribution is 0.194. The van der Waals surface area contributed by atoms with Crippen LogP contribution >= 0.6 is 0 Å². The third-order valence-corrected chi connectivity index (χ3v) is 2.27. The second-order valence-electron chi connectivity index (χ2n) is 3.25. The van der Waals surface area contributed by atoms with Crippen molar-refractivity contribution in [3.8, 4) is 5.88 Å². The molecule has 0 radical (unpaired) electrons. The van der Waals surface area contributed by atoms with E-state index in [-0.39, 0.29) is 6.10 Å². The first-order chi connectivity index (χ1) is 6.40. The molecule has 0 saturated heterocycles. The first-order valence-corrected chi connectivity index (χ1v) is 4.71. The minimum absolute atomic E-state index is 0.260. The Kier molecular flexibility index (Phi) is 2.45. The van der Waals surface area contributed by atoms with Gasteiger partial charge in [-0.15, -0.1) is 0 Å². The van der Waals surface area contributed by atoms with E-state index in [2.05, 4.69) is 17.2 Å². The molecule has 1 aliphatic rings. The van der Waals surface area contributed by atoms with Crippen molar-refractivity contribution in [3.05, 3.63) is 23.9 Å². The van der Waals surface area contributed by atoms with Crippen LogP contribution in [0.25, 0.3) is 0 Å². The van der Waals surface area contributed by atoms with Gasteiger partial charge in [0.25, 0.3) is 0 Å². The third-order valence-electron chi connectivity index (χ3n) is 2.27. The molecule has 70 valence electrons. The van der Waals surface area contributed by atoms with E-state index in [0.717, 1.165) is 31.0 Å². The molecule has 1 atom stereocenters. The van der Waals surface area contributed by atoms with E-state index in [1.54, 1.807) is 6.20 Å². The molecule has 0 bridgehead atoms. The maximum Gasteiger partial charge on any atom is 0.218 e. The average molecular weight is 178 g/mol. The normalized spacial score (nSPS) is 21.5. The largest absolute Gasteiger partial charge is 0.473 e. The van der Waals surface area contributed by atoms with Gasteiger partial charge in [-0.25, -0.2) is 4.98 Å². The van der Waals surface area contributed by atoms with Crippen molar-refractivity contribution < 1.29 is 4.74 Å². The van der Waals surface area contributed by atoms with Gasteiger partial charge >= 0.3 is 0 Å². The number of aromatic nitrogens is 1. The number of rotatable bonds is 1. The summed E-state index contributed by atoms with van der Waals surface area (Å²) in [7, 11) is 0. The van der Waals surface area contributed by atoms with Crippen LogP contribution in [-0.2, 0) is 6.54 Å². The van der Waals surface area contributed by atoms with Gasteiger partial charge in [0.1, 0.15) is 6.10 Å². The van der Waals surface area contributed by atoms with Crippen molar-refractivity contribution in [2.24, 2.45) is 0 Å². The summed E-state index contributed by atoms with van der Waals surface area (Å²) in [4.78, 5) is 4.22. The Morgan fingerprint density at radius 3 is 3.46 bits per heavy atom. The van der Waals surface area contributed by atoms with Crippen LogP contribution in [0.3, 0.4) is 0 Å². The van der Waals surface area contributed by atoms with Gasteiger partial charge < -0.3 is 10.1 Å². The number of nitrogens with zero attached hydrogens (tertiary/aromatic N) is 1. The van der Waals surface area contributed by atoms with E-state index in [1.807, 2.05) is 12.1 Å². The molecule has 1 aromatic heterocycles. The predicted octanol–water partition coefficient (Wildman–Crippen LogP) is 1.34. The highest BCUT2D eigenvalue weighted by Crippen LogP contribution is 2.18. The Hall–Kier alpha value is -1.09. The van der Waals surface area contributed by atoms with E-state index in [4.69, 9.17) is 4.74 Å². The molecule has 2 rings (SSSR count). The summed E-state index contributed by atoms with van der Waals surface area (Å²) in [5.74, 6) is 0.791. The quantitative estimate of drug-likeness (QED) is 0.704. The molecule has 0 unspecified atom stereocenters. The second-order valence-corrected chi connectivity index (χ2v) is 3.25. The van der Waals surface area contributed by atoms with Crippen LogP contribution in [0, 0.1) is 0 Å². The minimum Gasteiger partial charge on any atom is -0.473 e. The van der Waals surface area contributed by atoms with Crippen LogP contribution in [0.4, 0.5) is 0 Å². The number of fused-ring (bicyclic) bond motifs is 1. The Morgan fingerprint density at radius 2 is 2.62 bits per heavy atom. The highest BCUT2D eigenvalue weighted by molar-refractivity contribution is 5.26. The molecule has 3 nitrogen and oxygen atoms in total. The molecule has 1 aromatic rings. The van der Waals surface area contributed by atoms with Crippen molar-refractivity contribution in [2.75, 3.05) is 6.54 Å². The highest BCUT2D eigenvalue weighted by Gasteiger charge is 2.15. The fourth-order valence-corrected chi connectivity index (χ4v) is 1.46. The summed E-state index contributed by atoms with van der Waals surface area (Å²) in [5, 5.41) is 3.34. The number of ether oxygens (including phenoxy) is 1. The first kappa shape index (κ1) is 8.51. The SMILES string of the molecule is CC[C@@H]1CNCc2cccnc2O1. The van der Waals surface area contributed by atoms with Crippen LogP contribution in [0.5, 0.6) is 5.88 Å². The molecule has 2 heterocycles. The monoisotopic (exact) mass is 178 g/mol. The molecule has 13 heavy (non-hydrogen) atoms. The number of hydrogen-bond acceptors (Lipinski definition) is 3. The zero-order valence-electron chi connectivity index (χ0n) is 7.79. The van der Waals surface area contributed by atoms with Crippen molar-refractivity contribution >= 4 is 0 Å². The van der Waals surface area contributed by atoms with E-state index in [0.29, 0.717) is 0 Å². The number of hydrogen-bond donors (Lipinski definition) is 1. The summed E-state index contributed by atoms with van der Waals surface area (Å²) in [5.41, 5.74) is 1.15. The summed E-state index contributed by atoms with van der Waals surface area (Å²) >= 11 is 0. The fourth-order valence-electron chi connectivity index (χ4n) is 1.46. The lowest BCUT2D eigenvalue weighted by Crippen LogP contribution is -2.27. The van der Waals surface area contributed by atoms with Crippen molar-refractivity contribution in [3.63, 3.8) is 0 Å². The van der Waals surface area contributed by atoms with Gasteiger partial charge in [-0.2, -0.15) is 0 Å². The van der Waals surface area contributed by atoms with Crippen LogP contribution in [0.1, 0.15) is 18.9 Å². The smallest absolute Gasteiger partial charge is 0.218 e. The van der Waals surface area contributed by atoms with Gasteiger partial charge in [0.2, 0.25) is 5.88 Å². The van der Waals surface area contributed by atoms with E-state index in [9.17, 15) is 0 Å². The van der Waals surface area contributed by atoms with E-state index in [1.165, 1.54) is 0 Å². The van der Waals surface area contributed by atoms with Gasteiger partial charge in [0.05, 0.1) is 0 Å². The van der Waals surface area contributed by atoms with Crippen molar-refractivity contribution in [2.45, 2.75) is 26.0 Å². The maximum absolute atomic E-state index is 5.73. The molecular formula is C10H14N2O. The topological polar surface area (TPSA) is 34.2 Å². The Bertz CT molecular complexity index is 288. The van der Waals surface area contributed by atoms with Crippen LogP contribution in [0.2, 0.25) is 0 Å². The minimum atomic E-state index is 0.260. The summed E-state index contributed by atoms with van der Waals surface area (Å²) in [6.07, 6.45) is 3.05. The number of nitrogens with one attached hydrogen (secondary N) is 1. The van der Waals surface area contributed by atoms with Crippen molar-refractivity contribution in [1.82, 2.24) is 10.3 Å². The second kappa shape index (κ2) is 3.75. The van der Waals surface area contributed by atoms with Gasteiger partial charge in [0.15, 0.2) is 0 Å². The van der Waals surface area contributed by atoms with E-state index < -0.39 is 0 Å².